The lowest BCUT2D eigenvalue weighted by atomic mass is 10.3. The summed E-state index contributed by atoms with van der Waals surface area (Å²) in [5, 5.41) is 8.65. The predicted molar refractivity (Wildman–Crippen MR) is 133 cm³/mol. The fraction of sp³-hybridized carbons (Fsp3) is 0.217. The summed E-state index contributed by atoms with van der Waals surface area (Å²) in [6.45, 7) is 3.44. The topological polar surface area (TPSA) is 89.4 Å². The first-order valence-electron chi connectivity index (χ1n) is 10.6. The molecular formula is C23H22N4O4S3. The fourth-order valence-corrected chi connectivity index (χ4v) is 6.52. The van der Waals surface area contributed by atoms with Crippen molar-refractivity contribution in [1.29, 1.82) is 0 Å². The highest BCUT2D eigenvalue weighted by molar-refractivity contribution is 7.89. The van der Waals surface area contributed by atoms with Crippen molar-refractivity contribution < 1.29 is 17.6 Å². The molecular weight excluding hydrogens is 492 g/mol. The van der Waals surface area contributed by atoms with Gasteiger partial charge in [0, 0.05) is 18.5 Å². The number of thiazole rings is 1. The van der Waals surface area contributed by atoms with Crippen molar-refractivity contribution in [3.8, 4) is 10.6 Å². The summed E-state index contributed by atoms with van der Waals surface area (Å²) < 4.78 is 39.9. The zero-order chi connectivity index (χ0) is 23.5. The van der Waals surface area contributed by atoms with Gasteiger partial charge in [0.2, 0.25) is 14.8 Å². The number of thiophene rings is 1. The van der Waals surface area contributed by atoms with Gasteiger partial charge in [0.05, 0.1) is 40.6 Å². The third-order valence-electron chi connectivity index (χ3n) is 5.19. The van der Waals surface area contributed by atoms with Crippen molar-refractivity contribution in [3.05, 3.63) is 75.6 Å². The van der Waals surface area contributed by atoms with E-state index < -0.39 is 10.0 Å². The number of hydrogen-bond acceptors (Lipinski definition) is 8. The van der Waals surface area contributed by atoms with E-state index in [-0.39, 0.29) is 4.90 Å². The second kappa shape index (κ2) is 9.80. The summed E-state index contributed by atoms with van der Waals surface area (Å²) >= 11 is 3.08. The normalized spacial score (nSPS) is 16.0. The number of aromatic nitrogens is 1. The predicted octanol–water partition coefficient (Wildman–Crippen LogP) is 4.32. The highest BCUT2D eigenvalue weighted by atomic mass is 32.2. The Kier molecular flexibility index (Phi) is 6.61. The van der Waals surface area contributed by atoms with Gasteiger partial charge in [-0.25, -0.2) is 18.1 Å². The number of ether oxygens (including phenoxy) is 1. The molecule has 1 aliphatic heterocycles. The molecule has 1 aliphatic rings. The molecule has 0 aliphatic carbocycles. The third-order valence-corrected chi connectivity index (χ3v) is 8.81. The molecule has 8 nitrogen and oxygen atoms in total. The molecule has 0 unspecified atom stereocenters. The zero-order valence-corrected chi connectivity index (χ0v) is 20.8. The molecule has 4 heterocycles. The van der Waals surface area contributed by atoms with Gasteiger partial charge in [0.25, 0.3) is 0 Å². The molecule has 0 spiro atoms. The number of rotatable bonds is 6. The summed E-state index contributed by atoms with van der Waals surface area (Å²) in [4.78, 5) is 6.71. The number of morpholine rings is 1. The van der Waals surface area contributed by atoms with E-state index >= 15 is 0 Å². The standard InChI is InChI=1S/C23H22N4O4S3/c1-17-4-7-19(31-17)15-24-27-21(22-3-2-14-32-22)16-33-23(27)25-18-5-8-20(9-6-18)34(28,29)26-10-12-30-13-11-26/h2-9,14-16H,10-13H2,1H3. The number of aryl methyl sites for hydroxylation is 1. The van der Waals surface area contributed by atoms with Crippen LogP contribution >= 0.6 is 22.7 Å². The number of nitrogens with zero attached hydrogens (tertiary/aromatic N) is 4. The Labute approximate surface area is 205 Å². The molecule has 0 atom stereocenters. The first kappa shape index (κ1) is 22.9. The van der Waals surface area contributed by atoms with Crippen LogP contribution in [0, 0.1) is 6.92 Å². The monoisotopic (exact) mass is 514 g/mol. The van der Waals surface area contributed by atoms with Crippen molar-refractivity contribution in [2.45, 2.75) is 11.8 Å². The number of furan rings is 1. The molecule has 4 aromatic rings. The molecule has 0 saturated carbocycles. The minimum Gasteiger partial charge on any atom is -0.460 e. The molecule has 11 heteroatoms. The van der Waals surface area contributed by atoms with E-state index in [0.717, 1.165) is 16.3 Å². The maximum atomic E-state index is 12.9. The van der Waals surface area contributed by atoms with E-state index in [2.05, 4.69) is 5.10 Å². The van der Waals surface area contributed by atoms with Gasteiger partial charge in [0.1, 0.15) is 11.5 Å². The van der Waals surface area contributed by atoms with Crippen LogP contribution in [0.3, 0.4) is 0 Å². The van der Waals surface area contributed by atoms with Gasteiger partial charge in [-0.2, -0.15) is 9.41 Å². The van der Waals surface area contributed by atoms with Crippen LogP contribution in [0.15, 0.2) is 78.7 Å². The van der Waals surface area contributed by atoms with Crippen molar-refractivity contribution in [2.24, 2.45) is 10.1 Å². The van der Waals surface area contributed by atoms with Crippen LogP contribution in [0.2, 0.25) is 0 Å². The molecule has 3 aromatic heterocycles. The van der Waals surface area contributed by atoms with Gasteiger partial charge in [-0.15, -0.1) is 22.7 Å². The average molecular weight is 515 g/mol. The molecule has 0 radical (unpaired) electrons. The van der Waals surface area contributed by atoms with Crippen molar-refractivity contribution in [3.63, 3.8) is 0 Å². The molecule has 176 valence electrons. The van der Waals surface area contributed by atoms with Crippen LogP contribution in [0.5, 0.6) is 0 Å². The van der Waals surface area contributed by atoms with E-state index in [1.807, 2.05) is 41.9 Å². The summed E-state index contributed by atoms with van der Waals surface area (Å²) in [5.74, 6) is 1.46. The Bertz CT molecular complexity index is 1460. The van der Waals surface area contributed by atoms with Crippen LogP contribution in [0.1, 0.15) is 11.5 Å². The lowest BCUT2D eigenvalue weighted by Crippen LogP contribution is -2.40. The lowest BCUT2D eigenvalue weighted by Gasteiger charge is -2.26. The van der Waals surface area contributed by atoms with Gasteiger partial charge in [-0.05, 0) is 54.8 Å². The van der Waals surface area contributed by atoms with Gasteiger partial charge in [-0.1, -0.05) is 6.07 Å². The zero-order valence-electron chi connectivity index (χ0n) is 18.3. The molecule has 0 bridgehead atoms. The smallest absolute Gasteiger partial charge is 0.243 e. The average Bonchev–Trinajstić information content (AvgIpc) is 3.60. The van der Waals surface area contributed by atoms with E-state index in [1.54, 1.807) is 46.5 Å². The molecule has 5 rings (SSSR count). The van der Waals surface area contributed by atoms with E-state index in [0.29, 0.717) is 42.6 Å². The van der Waals surface area contributed by atoms with Crippen LogP contribution in [-0.2, 0) is 14.8 Å². The molecule has 0 amide bonds. The van der Waals surface area contributed by atoms with Gasteiger partial charge < -0.3 is 9.15 Å². The third kappa shape index (κ3) is 4.84. The fourth-order valence-electron chi connectivity index (χ4n) is 3.46. The van der Waals surface area contributed by atoms with Crippen LogP contribution < -0.4 is 4.80 Å². The summed E-state index contributed by atoms with van der Waals surface area (Å²) in [7, 11) is -3.55. The molecule has 1 saturated heterocycles. The van der Waals surface area contributed by atoms with Crippen molar-refractivity contribution in [1.82, 2.24) is 8.98 Å². The SMILES string of the molecule is Cc1ccc(C=Nn2c(-c3cccs3)csc2=Nc2ccc(S(=O)(=O)N3CCOCC3)cc2)o1. The quantitative estimate of drug-likeness (QED) is 0.359. The maximum Gasteiger partial charge on any atom is 0.243 e. The second-order valence-corrected chi connectivity index (χ2v) is 11.2. The summed E-state index contributed by atoms with van der Waals surface area (Å²) in [6.07, 6.45) is 1.66. The highest BCUT2D eigenvalue weighted by Gasteiger charge is 2.26. The molecule has 1 aromatic carbocycles. The Morgan fingerprint density at radius 3 is 2.50 bits per heavy atom. The second-order valence-electron chi connectivity index (χ2n) is 7.51. The molecule has 0 N–H and O–H groups in total. The largest absolute Gasteiger partial charge is 0.460 e. The Morgan fingerprint density at radius 1 is 1.03 bits per heavy atom. The van der Waals surface area contributed by atoms with E-state index in [1.165, 1.54) is 15.6 Å². The van der Waals surface area contributed by atoms with Crippen LogP contribution in [0.4, 0.5) is 5.69 Å². The molecule has 1 fully saturated rings. The van der Waals surface area contributed by atoms with Crippen LogP contribution in [0.25, 0.3) is 10.6 Å². The van der Waals surface area contributed by atoms with Gasteiger partial charge in [0.15, 0.2) is 0 Å². The number of benzene rings is 1. The Hall–Kier alpha value is -2.83. The van der Waals surface area contributed by atoms with E-state index in [9.17, 15) is 8.42 Å². The number of hydrogen-bond donors (Lipinski definition) is 0. The van der Waals surface area contributed by atoms with Gasteiger partial charge in [-0.3, -0.25) is 0 Å². The van der Waals surface area contributed by atoms with Gasteiger partial charge >= 0.3 is 0 Å². The minimum absolute atomic E-state index is 0.248. The van der Waals surface area contributed by atoms with Crippen LogP contribution in [-0.4, -0.2) is 49.9 Å². The Morgan fingerprint density at radius 2 is 1.82 bits per heavy atom. The Balaban J connectivity index is 1.49. The summed E-state index contributed by atoms with van der Waals surface area (Å²) in [5.41, 5.74) is 1.56. The highest BCUT2D eigenvalue weighted by Crippen LogP contribution is 2.26. The van der Waals surface area contributed by atoms with Crippen molar-refractivity contribution in [2.75, 3.05) is 26.3 Å². The number of sulfonamides is 1. The first-order valence-corrected chi connectivity index (χ1v) is 13.8. The lowest BCUT2D eigenvalue weighted by molar-refractivity contribution is 0.0730. The summed E-state index contributed by atoms with van der Waals surface area (Å²) in [6, 6.07) is 14.4. The first-order chi connectivity index (χ1) is 16.5. The van der Waals surface area contributed by atoms with E-state index in [4.69, 9.17) is 14.1 Å². The molecule has 34 heavy (non-hydrogen) atoms. The maximum absolute atomic E-state index is 12.9. The van der Waals surface area contributed by atoms with Crippen molar-refractivity contribution >= 4 is 44.6 Å². The minimum atomic E-state index is -3.55.